The van der Waals surface area contributed by atoms with Gasteiger partial charge in [-0.3, -0.25) is 0 Å². The summed E-state index contributed by atoms with van der Waals surface area (Å²) >= 11 is 0. The largest absolute Gasteiger partial charge is 0.383 e. The van der Waals surface area contributed by atoms with E-state index in [0.29, 0.717) is 6.61 Å². The molecule has 0 fully saturated rings. The molecule has 0 bridgehead atoms. The summed E-state index contributed by atoms with van der Waals surface area (Å²) in [6.45, 7) is 6.68. The average Bonchev–Trinajstić information content (AvgIpc) is 2.39. The molecule has 0 aliphatic heterocycles. The third-order valence-corrected chi connectivity index (χ3v) is 2.59. The van der Waals surface area contributed by atoms with Crippen molar-refractivity contribution in [3.63, 3.8) is 0 Å². The van der Waals surface area contributed by atoms with E-state index < -0.39 is 0 Å². The van der Waals surface area contributed by atoms with E-state index in [9.17, 15) is 0 Å². The van der Waals surface area contributed by atoms with Crippen molar-refractivity contribution in [1.29, 1.82) is 0 Å². The summed E-state index contributed by atoms with van der Waals surface area (Å²) in [4.78, 5) is 8.65. The second-order valence-electron chi connectivity index (χ2n) is 4.15. The van der Waals surface area contributed by atoms with Crippen molar-refractivity contribution in [1.82, 2.24) is 9.97 Å². The fraction of sp³-hybridized carbons (Fsp3) is 0.692. The van der Waals surface area contributed by atoms with E-state index in [4.69, 9.17) is 4.74 Å². The highest BCUT2D eigenvalue weighted by atomic mass is 16.5. The van der Waals surface area contributed by atoms with Gasteiger partial charge in [-0.15, -0.1) is 0 Å². The number of methoxy groups -OCH3 is 1. The Kier molecular flexibility index (Phi) is 7.10. The van der Waals surface area contributed by atoms with E-state index in [1.54, 1.807) is 13.4 Å². The van der Waals surface area contributed by atoms with Gasteiger partial charge in [0.25, 0.3) is 0 Å². The van der Waals surface area contributed by atoms with Crippen LogP contribution in [0.15, 0.2) is 6.33 Å². The van der Waals surface area contributed by atoms with Crippen LogP contribution >= 0.6 is 0 Å². The number of ether oxygens (including phenoxy) is 1. The maximum atomic E-state index is 5.04. The first-order chi connectivity index (χ1) is 8.83. The molecule has 0 unspecified atom stereocenters. The summed E-state index contributed by atoms with van der Waals surface area (Å²) < 4.78 is 5.04. The molecule has 0 radical (unpaired) electrons. The standard InChI is InChI=1S/C13H24N4O/c1-4-6-11-12(14-7-5-2)16-10-17-13(11)15-8-9-18-3/h10H,4-9H2,1-3H3,(H2,14,15,16,17). The molecular formula is C13H24N4O. The molecule has 0 atom stereocenters. The first-order valence-corrected chi connectivity index (χ1v) is 6.64. The second kappa shape index (κ2) is 8.69. The van der Waals surface area contributed by atoms with Crippen molar-refractivity contribution in [3.05, 3.63) is 11.9 Å². The summed E-state index contributed by atoms with van der Waals surface area (Å²) in [5.41, 5.74) is 1.17. The Bertz CT molecular complexity index is 344. The van der Waals surface area contributed by atoms with Crippen molar-refractivity contribution in [3.8, 4) is 0 Å². The van der Waals surface area contributed by atoms with Gasteiger partial charge in [0.2, 0.25) is 0 Å². The Labute approximate surface area is 109 Å². The molecule has 1 heterocycles. The fourth-order valence-corrected chi connectivity index (χ4v) is 1.72. The van der Waals surface area contributed by atoms with Crippen LogP contribution in [0.4, 0.5) is 11.6 Å². The Morgan fingerprint density at radius 2 is 1.72 bits per heavy atom. The maximum absolute atomic E-state index is 5.04. The van der Waals surface area contributed by atoms with Gasteiger partial charge in [-0.1, -0.05) is 20.3 Å². The van der Waals surface area contributed by atoms with Crippen LogP contribution in [-0.2, 0) is 11.2 Å². The number of nitrogens with zero attached hydrogens (tertiary/aromatic N) is 2. The highest BCUT2D eigenvalue weighted by molar-refractivity contribution is 5.57. The molecule has 5 heteroatoms. The van der Waals surface area contributed by atoms with E-state index >= 15 is 0 Å². The van der Waals surface area contributed by atoms with Crippen molar-refractivity contribution >= 4 is 11.6 Å². The number of anilines is 2. The van der Waals surface area contributed by atoms with Crippen molar-refractivity contribution in [2.75, 3.05) is 37.4 Å². The van der Waals surface area contributed by atoms with E-state index in [1.165, 1.54) is 5.56 Å². The van der Waals surface area contributed by atoms with Gasteiger partial charge in [0.05, 0.1) is 6.61 Å². The highest BCUT2D eigenvalue weighted by Crippen LogP contribution is 2.21. The van der Waals surface area contributed by atoms with Crippen LogP contribution in [0, 0.1) is 0 Å². The molecule has 102 valence electrons. The lowest BCUT2D eigenvalue weighted by atomic mass is 10.1. The van der Waals surface area contributed by atoms with E-state index in [0.717, 1.165) is 44.0 Å². The predicted molar refractivity (Wildman–Crippen MR) is 75.2 cm³/mol. The van der Waals surface area contributed by atoms with Crippen LogP contribution < -0.4 is 10.6 Å². The lowest BCUT2D eigenvalue weighted by Gasteiger charge is -2.14. The van der Waals surface area contributed by atoms with Crippen LogP contribution in [0.2, 0.25) is 0 Å². The number of aromatic nitrogens is 2. The van der Waals surface area contributed by atoms with Gasteiger partial charge in [0, 0.05) is 25.8 Å². The zero-order chi connectivity index (χ0) is 13.2. The third-order valence-electron chi connectivity index (χ3n) is 2.59. The Morgan fingerprint density at radius 1 is 1.06 bits per heavy atom. The number of rotatable bonds is 9. The van der Waals surface area contributed by atoms with Crippen LogP contribution in [0.5, 0.6) is 0 Å². The number of hydrogen-bond donors (Lipinski definition) is 2. The molecule has 1 rings (SSSR count). The molecule has 0 saturated heterocycles. The molecule has 2 N–H and O–H groups in total. The molecular weight excluding hydrogens is 228 g/mol. The van der Waals surface area contributed by atoms with Gasteiger partial charge in [-0.25, -0.2) is 9.97 Å². The smallest absolute Gasteiger partial charge is 0.134 e. The number of nitrogens with one attached hydrogen (secondary N) is 2. The van der Waals surface area contributed by atoms with Crippen LogP contribution in [0.25, 0.3) is 0 Å². The minimum Gasteiger partial charge on any atom is -0.383 e. The Balaban J connectivity index is 2.79. The van der Waals surface area contributed by atoms with E-state index in [1.807, 2.05) is 0 Å². The molecule has 0 amide bonds. The Morgan fingerprint density at radius 3 is 2.28 bits per heavy atom. The van der Waals surface area contributed by atoms with Crippen molar-refractivity contribution in [2.24, 2.45) is 0 Å². The second-order valence-corrected chi connectivity index (χ2v) is 4.15. The predicted octanol–water partition coefficient (Wildman–Crippen LogP) is 2.31. The Hall–Kier alpha value is -1.36. The molecule has 0 saturated carbocycles. The van der Waals surface area contributed by atoms with Gasteiger partial charge >= 0.3 is 0 Å². The molecule has 5 nitrogen and oxygen atoms in total. The summed E-state index contributed by atoms with van der Waals surface area (Å²) in [5.74, 6) is 1.87. The zero-order valence-electron chi connectivity index (χ0n) is 11.6. The van der Waals surface area contributed by atoms with Gasteiger partial charge in [0.1, 0.15) is 18.0 Å². The van der Waals surface area contributed by atoms with Gasteiger partial charge in [0.15, 0.2) is 0 Å². The lowest BCUT2D eigenvalue weighted by Crippen LogP contribution is -2.13. The van der Waals surface area contributed by atoms with Crippen molar-refractivity contribution < 1.29 is 4.74 Å². The van der Waals surface area contributed by atoms with E-state index in [-0.39, 0.29) is 0 Å². The minimum absolute atomic E-state index is 0.674. The summed E-state index contributed by atoms with van der Waals surface area (Å²) in [5, 5.41) is 6.66. The molecule has 1 aromatic rings. The summed E-state index contributed by atoms with van der Waals surface area (Å²) in [7, 11) is 1.70. The van der Waals surface area contributed by atoms with Crippen LogP contribution in [0.1, 0.15) is 32.3 Å². The fourth-order valence-electron chi connectivity index (χ4n) is 1.72. The van der Waals surface area contributed by atoms with Crippen molar-refractivity contribution in [2.45, 2.75) is 33.1 Å². The summed E-state index contributed by atoms with van der Waals surface area (Å²) in [6, 6.07) is 0. The van der Waals surface area contributed by atoms with Gasteiger partial charge < -0.3 is 15.4 Å². The van der Waals surface area contributed by atoms with Gasteiger partial charge in [-0.05, 0) is 12.8 Å². The summed E-state index contributed by atoms with van der Waals surface area (Å²) in [6.07, 6.45) is 4.74. The SMILES string of the molecule is CCCNc1ncnc(NCCOC)c1CCC. The highest BCUT2D eigenvalue weighted by Gasteiger charge is 2.09. The minimum atomic E-state index is 0.674. The molecule has 0 spiro atoms. The average molecular weight is 252 g/mol. The monoisotopic (exact) mass is 252 g/mol. The normalized spacial score (nSPS) is 10.4. The zero-order valence-corrected chi connectivity index (χ0v) is 11.6. The quantitative estimate of drug-likeness (QED) is 0.660. The van der Waals surface area contributed by atoms with Crippen LogP contribution in [-0.4, -0.2) is 36.8 Å². The first-order valence-electron chi connectivity index (χ1n) is 6.64. The molecule has 0 aromatic carbocycles. The molecule has 0 aliphatic carbocycles. The first kappa shape index (κ1) is 14.7. The third kappa shape index (κ3) is 4.49. The van der Waals surface area contributed by atoms with Crippen LogP contribution in [0.3, 0.4) is 0 Å². The topological polar surface area (TPSA) is 59.1 Å². The lowest BCUT2D eigenvalue weighted by molar-refractivity contribution is 0.210. The van der Waals surface area contributed by atoms with E-state index in [2.05, 4.69) is 34.4 Å². The number of hydrogen-bond acceptors (Lipinski definition) is 5. The molecule has 0 aliphatic rings. The molecule has 1 aromatic heterocycles. The maximum Gasteiger partial charge on any atom is 0.134 e. The van der Waals surface area contributed by atoms with Gasteiger partial charge in [-0.2, -0.15) is 0 Å². The molecule has 18 heavy (non-hydrogen) atoms.